The van der Waals surface area contributed by atoms with E-state index < -0.39 is 6.10 Å². The maximum absolute atomic E-state index is 11.5. The predicted molar refractivity (Wildman–Crippen MR) is 61.9 cm³/mol. The second-order valence-electron chi connectivity index (χ2n) is 3.92. The van der Waals surface area contributed by atoms with Gasteiger partial charge in [0, 0.05) is 0 Å². The molecule has 0 aliphatic carbocycles. The van der Waals surface area contributed by atoms with Gasteiger partial charge in [0.2, 0.25) is 0 Å². The minimum absolute atomic E-state index is 0.162. The first-order valence-electron chi connectivity index (χ1n) is 5.72. The van der Waals surface area contributed by atoms with Crippen LogP contribution in [0.2, 0.25) is 0 Å². The minimum atomic E-state index is -0.435. The molecular formula is C13H16O4. The molecule has 1 heterocycles. The second-order valence-corrected chi connectivity index (χ2v) is 3.92. The molecule has 1 fully saturated rings. The monoisotopic (exact) mass is 236 g/mol. The van der Waals surface area contributed by atoms with Crippen molar-refractivity contribution in [1.29, 1.82) is 0 Å². The molecule has 0 N–H and O–H groups in total. The Labute approximate surface area is 100 Å². The maximum atomic E-state index is 11.5. The van der Waals surface area contributed by atoms with Crippen LogP contribution < -0.4 is 4.74 Å². The zero-order chi connectivity index (χ0) is 12.3. The lowest BCUT2D eigenvalue weighted by molar-refractivity contribution is -0.145. The van der Waals surface area contributed by atoms with Crippen LogP contribution in [-0.4, -0.2) is 25.8 Å². The molecule has 4 heteroatoms. The van der Waals surface area contributed by atoms with Crippen LogP contribution in [0.15, 0.2) is 24.3 Å². The third kappa shape index (κ3) is 2.77. The van der Waals surface area contributed by atoms with E-state index in [0.717, 1.165) is 17.7 Å². The predicted octanol–water partition coefficient (Wildman–Crippen LogP) is 2.09. The van der Waals surface area contributed by atoms with Gasteiger partial charge in [0.05, 0.1) is 13.7 Å². The van der Waals surface area contributed by atoms with Crippen molar-refractivity contribution in [2.45, 2.75) is 25.6 Å². The van der Waals surface area contributed by atoms with Gasteiger partial charge < -0.3 is 14.2 Å². The fourth-order valence-corrected chi connectivity index (χ4v) is 1.62. The summed E-state index contributed by atoms with van der Waals surface area (Å²) < 4.78 is 15.4. The summed E-state index contributed by atoms with van der Waals surface area (Å²) in [5.41, 5.74) is 0.976. The third-order valence-corrected chi connectivity index (χ3v) is 2.62. The van der Waals surface area contributed by atoms with Crippen LogP contribution in [0.5, 0.6) is 5.75 Å². The molecule has 2 atom stereocenters. The number of hydrogen-bond acceptors (Lipinski definition) is 4. The number of epoxide rings is 1. The van der Waals surface area contributed by atoms with Gasteiger partial charge in [-0.2, -0.15) is 0 Å². The Bertz CT molecular complexity index is 385. The topological polar surface area (TPSA) is 48.1 Å². The summed E-state index contributed by atoms with van der Waals surface area (Å²) in [6, 6.07) is 7.50. The van der Waals surface area contributed by atoms with Gasteiger partial charge in [-0.3, -0.25) is 0 Å². The van der Waals surface area contributed by atoms with Crippen molar-refractivity contribution in [3.63, 3.8) is 0 Å². The highest BCUT2D eigenvalue weighted by atomic mass is 16.6. The van der Waals surface area contributed by atoms with Gasteiger partial charge in [-0.25, -0.2) is 4.79 Å². The van der Waals surface area contributed by atoms with Gasteiger partial charge in [-0.1, -0.05) is 19.1 Å². The fourth-order valence-electron chi connectivity index (χ4n) is 1.62. The van der Waals surface area contributed by atoms with Crippen molar-refractivity contribution in [3.05, 3.63) is 29.8 Å². The van der Waals surface area contributed by atoms with Crippen LogP contribution in [-0.2, 0) is 14.3 Å². The maximum Gasteiger partial charge on any atom is 0.338 e. The molecular weight excluding hydrogens is 220 g/mol. The summed E-state index contributed by atoms with van der Waals surface area (Å²) in [6.45, 7) is 2.41. The van der Waals surface area contributed by atoms with Crippen molar-refractivity contribution in [2.24, 2.45) is 0 Å². The molecule has 92 valence electrons. The van der Waals surface area contributed by atoms with E-state index in [1.807, 2.05) is 31.2 Å². The Morgan fingerprint density at radius 3 is 2.65 bits per heavy atom. The van der Waals surface area contributed by atoms with Crippen LogP contribution >= 0.6 is 0 Å². The molecule has 1 aromatic rings. The lowest BCUT2D eigenvalue weighted by Crippen LogP contribution is -2.12. The van der Waals surface area contributed by atoms with E-state index in [9.17, 15) is 4.79 Å². The van der Waals surface area contributed by atoms with E-state index in [4.69, 9.17) is 14.2 Å². The van der Waals surface area contributed by atoms with Crippen LogP contribution in [0.3, 0.4) is 0 Å². The molecule has 4 nitrogen and oxygen atoms in total. The molecule has 2 rings (SSSR count). The number of hydrogen-bond donors (Lipinski definition) is 0. The Balaban J connectivity index is 1.90. The molecule has 1 aliphatic rings. The van der Waals surface area contributed by atoms with E-state index in [0.29, 0.717) is 6.61 Å². The number of benzene rings is 1. The lowest BCUT2D eigenvalue weighted by Gasteiger charge is -2.01. The summed E-state index contributed by atoms with van der Waals surface area (Å²) >= 11 is 0. The zero-order valence-corrected chi connectivity index (χ0v) is 10.0. The van der Waals surface area contributed by atoms with Gasteiger partial charge in [0.1, 0.15) is 11.9 Å². The zero-order valence-electron chi connectivity index (χ0n) is 10.0. The van der Waals surface area contributed by atoms with Crippen molar-refractivity contribution in [1.82, 2.24) is 0 Å². The molecule has 1 aromatic carbocycles. The van der Waals surface area contributed by atoms with Crippen LogP contribution in [0.1, 0.15) is 25.0 Å². The first-order valence-corrected chi connectivity index (χ1v) is 5.72. The molecule has 1 aliphatic heterocycles. The van der Waals surface area contributed by atoms with E-state index in [1.54, 1.807) is 7.11 Å². The number of rotatable bonds is 5. The van der Waals surface area contributed by atoms with Crippen molar-refractivity contribution >= 4 is 5.97 Å². The van der Waals surface area contributed by atoms with E-state index in [-0.39, 0.29) is 12.1 Å². The average molecular weight is 236 g/mol. The SMILES string of the molecule is CCCOC(=O)[C@H]1O[C@H]1c1ccc(OC)cc1. The summed E-state index contributed by atoms with van der Waals surface area (Å²) in [5.74, 6) is 0.521. The summed E-state index contributed by atoms with van der Waals surface area (Å²) in [7, 11) is 1.62. The quantitative estimate of drug-likeness (QED) is 0.580. The summed E-state index contributed by atoms with van der Waals surface area (Å²) in [4.78, 5) is 11.5. The number of carbonyl (C=O) groups excluding carboxylic acids is 1. The molecule has 0 aromatic heterocycles. The molecule has 0 amide bonds. The second kappa shape index (κ2) is 5.19. The van der Waals surface area contributed by atoms with E-state index >= 15 is 0 Å². The van der Waals surface area contributed by atoms with Gasteiger partial charge in [-0.05, 0) is 24.1 Å². The third-order valence-electron chi connectivity index (χ3n) is 2.62. The highest BCUT2D eigenvalue weighted by Gasteiger charge is 2.47. The van der Waals surface area contributed by atoms with Gasteiger partial charge in [0.15, 0.2) is 6.10 Å². The first kappa shape index (κ1) is 11.9. The summed E-state index contributed by atoms with van der Waals surface area (Å²) in [6.07, 6.45) is 0.228. The van der Waals surface area contributed by atoms with Crippen LogP contribution in [0, 0.1) is 0 Å². The number of carbonyl (C=O) groups is 1. The van der Waals surface area contributed by atoms with E-state index in [1.165, 1.54) is 0 Å². The number of ether oxygens (including phenoxy) is 3. The van der Waals surface area contributed by atoms with Gasteiger partial charge >= 0.3 is 5.97 Å². The van der Waals surface area contributed by atoms with Gasteiger partial charge in [0.25, 0.3) is 0 Å². The Morgan fingerprint density at radius 1 is 1.35 bits per heavy atom. The van der Waals surface area contributed by atoms with Gasteiger partial charge in [-0.15, -0.1) is 0 Å². The molecule has 17 heavy (non-hydrogen) atoms. The highest BCUT2D eigenvalue weighted by Crippen LogP contribution is 2.39. The van der Waals surface area contributed by atoms with Crippen molar-refractivity contribution < 1.29 is 19.0 Å². The molecule has 0 unspecified atom stereocenters. The smallest absolute Gasteiger partial charge is 0.338 e. The Hall–Kier alpha value is -1.55. The molecule has 0 bridgehead atoms. The molecule has 0 radical (unpaired) electrons. The lowest BCUT2D eigenvalue weighted by atomic mass is 10.1. The normalized spacial score (nSPS) is 22.0. The largest absolute Gasteiger partial charge is 0.497 e. The molecule has 0 saturated carbocycles. The Kier molecular flexibility index (Phi) is 3.64. The fraction of sp³-hybridized carbons (Fsp3) is 0.462. The summed E-state index contributed by atoms with van der Waals surface area (Å²) in [5, 5.41) is 0. The average Bonchev–Trinajstić information content (AvgIpc) is 3.16. The minimum Gasteiger partial charge on any atom is -0.497 e. The molecule has 1 saturated heterocycles. The Morgan fingerprint density at radius 2 is 2.06 bits per heavy atom. The standard InChI is InChI=1S/C13H16O4/c1-3-8-16-13(14)12-11(17-12)9-4-6-10(15-2)7-5-9/h4-7,11-12H,3,8H2,1-2H3/t11-,12-/m0/s1. The van der Waals surface area contributed by atoms with Crippen molar-refractivity contribution in [3.8, 4) is 5.75 Å². The first-order chi connectivity index (χ1) is 8.26. The molecule has 0 spiro atoms. The number of methoxy groups -OCH3 is 1. The van der Waals surface area contributed by atoms with E-state index in [2.05, 4.69) is 0 Å². The van der Waals surface area contributed by atoms with Crippen molar-refractivity contribution in [2.75, 3.05) is 13.7 Å². The van der Waals surface area contributed by atoms with Crippen LogP contribution in [0.25, 0.3) is 0 Å². The number of esters is 1. The highest BCUT2D eigenvalue weighted by molar-refractivity contribution is 5.78. The van der Waals surface area contributed by atoms with Crippen LogP contribution in [0.4, 0.5) is 0 Å².